The van der Waals surface area contributed by atoms with E-state index >= 15 is 0 Å². The Balaban J connectivity index is 2.41. The van der Waals surface area contributed by atoms with Gasteiger partial charge >= 0.3 is 0 Å². The predicted octanol–water partition coefficient (Wildman–Crippen LogP) is 3.92. The van der Waals surface area contributed by atoms with Gasteiger partial charge in [-0.1, -0.05) is 24.3 Å². The Hall–Kier alpha value is -1.34. The third-order valence-corrected chi connectivity index (χ3v) is 2.66. The molecule has 0 bridgehead atoms. The predicted molar refractivity (Wildman–Crippen MR) is 68.7 cm³/mol. The second-order valence-corrected chi connectivity index (χ2v) is 4.62. The molecule has 1 aromatic heterocycles. The highest BCUT2D eigenvalue weighted by Crippen LogP contribution is 2.24. The first-order chi connectivity index (χ1) is 7.77. The Morgan fingerprint density at radius 2 is 1.81 bits per heavy atom. The van der Waals surface area contributed by atoms with Crippen molar-refractivity contribution >= 4 is 11.6 Å². The fourth-order valence-electron chi connectivity index (χ4n) is 1.81. The SMILES string of the molecule is CC(Cl)Cc1ccccc1-c1ccncc1. The van der Waals surface area contributed by atoms with E-state index in [4.69, 9.17) is 11.6 Å². The molecule has 1 heterocycles. The van der Waals surface area contributed by atoms with Crippen molar-refractivity contribution in [3.05, 3.63) is 54.4 Å². The Morgan fingerprint density at radius 1 is 1.12 bits per heavy atom. The van der Waals surface area contributed by atoms with Crippen LogP contribution in [0.3, 0.4) is 0 Å². The summed E-state index contributed by atoms with van der Waals surface area (Å²) in [7, 11) is 0. The quantitative estimate of drug-likeness (QED) is 0.730. The molecule has 0 saturated heterocycles. The van der Waals surface area contributed by atoms with Crippen molar-refractivity contribution in [2.45, 2.75) is 18.7 Å². The fraction of sp³-hybridized carbons (Fsp3) is 0.214. The molecule has 1 aromatic carbocycles. The normalized spacial score (nSPS) is 12.4. The van der Waals surface area contributed by atoms with Gasteiger partial charge in [0.2, 0.25) is 0 Å². The van der Waals surface area contributed by atoms with E-state index in [9.17, 15) is 0 Å². The summed E-state index contributed by atoms with van der Waals surface area (Å²) in [6.07, 6.45) is 4.52. The summed E-state index contributed by atoms with van der Waals surface area (Å²) in [5, 5.41) is 0.156. The first kappa shape index (κ1) is 11.2. The molecule has 82 valence electrons. The van der Waals surface area contributed by atoms with Gasteiger partial charge in [-0.25, -0.2) is 0 Å². The van der Waals surface area contributed by atoms with E-state index in [1.807, 2.05) is 31.5 Å². The van der Waals surface area contributed by atoms with Gasteiger partial charge in [0.1, 0.15) is 0 Å². The highest BCUT2D eigenvalue weighted by molar-refractivity contribution is 6.20. The van der Waals surface area contributed by atoms with Gasteiger partial charge in [-0.05, 0) is 42.2 Å². The van der Waals surface area contributed by atoms with Crippen LogP contribution in [0.15, 0.2) is 48.8 Å². The van der Waals surface area contributed by atoms with Crippen molar-refractivity contribution in [3.63, 3.8) is 0 Å². The van der Waals surface area contributed by atoms with Crippen LogP contribution in [-0.2, 0) is 6.42 Å². The van der Waals surface area contributed by atoms with E-state index in [0.29, 0.717) is 0 Å². The van der Waals surface area contributed by atoms with Gasteiger partial charge in [-0.15, -0.1) is 11.6 Å². The molecule has 2 rings (SSSR count). The summed E-state index contributed by atoms with van der Waals surface area (Å²) in [6.45, 7) is 2.02. The van der Waals surface area contributed by atoms with E-state index in [2.05, 4.69) is 29.2 Å². The molecule has 2 heteroatoms. The molecule has 0 fully saturated rings. The van der Waals surface area contributed by atoms with Gasteiger partial charge in [0, 0.05) is 17.8 Å². The summed E-state index contributed by atoms with van der Waals surface area (Å²) < 4.78 is 0. The number of rotatable bonds is 3. The molecule has 2 aromatic rings. The van der Waals surface area contributed by atoms with E-state index in [-0.39, 0.29) is 5.38 Å². The average Bonchev–Trinajstić information content (AvgIpc) is 2.30. The van der Waals surface area contributed by atoms with Crippen molar-refractivity contribution in [1.29, 1.82) is 0 Å². The van der Waals surface area contributed by atoms with Crippen LogP contribution in [0.2, 0.25) is 0 Å². The number of pyridine rings is 1. The second kappa shape index (κ2) is 5.13. The molecule has 0 aliphatic heterocycles. The summed E-state index contributed by atoms with van der Waals surface area (Å²) >= 11 is 6.06. The molecule has 0 spiro atoms. The summed E-state index contributed by atoms with van der Waals surface area (Å²) in [6, 6.07) is 12.4. The first-order valence-electron chi connectivity index (χ1n) is 5.40. The van der Waals surface area contributed by atoms with Crippen molar-refractivity contribution < 1.29 is 0 Å². The molecule has 1 unspecified atom stereocenters. The standard InChI is InChI=1S/C14H14ClN/c1-11(15)10-13-4-2-3-5-14(13)12-6-8-16-9-7-12/h2-9,11H,10H2,1H3. The molecule has 0 aliphatic rings. The Labute approximate surface area is 101 Å². The maximum Gasteiger partial charge on any atom is 0.0348 e. The molecular weight excluding hydrogens is 218 g/mol. The van der Waals surface area contributed by atoms with Gasteiger partial charge in [-0.2, -0.15) is 0 Å². The number of nitrogens with zero attached hydrogens (tertiary/aromatic N) is 1. The first-order valence-corrected chi connectivity index (χ1v) is 5.83. The summed E-state index contributed by atoms with van der Waals surface area (Å²) in [5.41, 5.74) is 3.73. The van der Waals surface area contributed by atoms with Gasteiger partial charge in [0.15, 0.2) is 0 Å². The lowest BCUT2D eigenvalue weighted by molar-refractivity contribution is 0.933. The number of aromatic nitrogens is 1. The minimum atomic E-state index is 0.156. The van der Waals surface area contributed by atoms with Crippen LogP contribution in [0.25, 0.3) is 11.1 Å². The molecular formula is C14H14ClN. The molecule has 0 radical (unpaired) electrons. The van der Waals surface area contributed by atoms with Crippen molar-refractivity contribution in [2.75, 3.05) is 0 Å². The highest BCUT2D eigenvalue weighted by Gasteiger charge is 2.06. The number of hydrogen-bond donors (Lipinski definition) is 0. The monoisotopic (exact) mass is 231 g/mol. The van der Waals surface area contributed by atoms with Gasteiger partial charge in [-0.3, -0.25) is 4.98 Å². The fourth-order valence-corrected chi connectivity index (χ4v) is 1.98. The molecule has 0 amide bonds. The average molecular weight is 232 g/mol. The van der Waals surface area contributed by atoms with Gasteiger partial charge in [0.25, 0.3) is 0 Å². The van der Waals surface area contributed by atoms with Crippen LogP contribution in [0, 0.1) is 0 Å². The number of benzene rings is 1. The molecule has 0 saturated carbocycles. The van der Waals surface area contributed by atoms with Gasteiger partial charge in [0.05, 0.1) is 0 Å². The largest absolute Gasteiger partial charge is 0.265 e. The van der Waals surface area contributed by atoms with E-state index in [1.165, 1.54) is 16.7 Å². The number of hydrogen-bond acceptors (Lipinski definition) is 1. The van der Waals surface area contributed by atoms with Crippen LogP contribution in [0.1, 0.15) is 12.5 Å². The summed E-state index contributed by atoms with van der Waals surface area (Å²) in [5.74, 6) is 0. The van der Waals surface area contributed by atoms with Crippen LogP contribution >= 0.6 is 11.6 Å². The lowest BCUT2D eigenvalue weighted by Gasteiger charge is -2.10. The maximum absolute atomic E-state index is 6.06. The smallest absolute Gasteiger partial charge is 0.0348 e. The zero-order valence-electron chi connectivity index (χ0n) is 9.23. The third kappa shape index (κ3) is 2.61. The van der Waals surface area contributed by atoms with Crippen LogP contribution in [0.5, 0.6) is 0 Å². The zero-order valence-corrected chi connectivity index (χ0v) is 9.98. The number of alkyl halides is 1. The number of halogens is 1. The van der Waals surface area contributed by atoms with Crippen molar-refractivity contribution in [3.8, 4) is 11.1 Å². The van der Waals surface area contributed by atoms with Gasteiger partial charge < -0.3 is 0 Å². The third-order valence-electron chi connectivity index (χ3n) is 2.51. The molecule has 1 nitrogen and oxygen atoms in total. The molecule has 0 N–H and O–H groups in total. The minimum absolute atomic E-state index is 0.156. The van der Waals surface area contributed by atoms with E-state index in [1.54, 1.807) is 0 Å². The lowest BCUT2D eigenvalue weighted by atomic mass is 9.98. The maximum atomic E-state index is 6.06. The summed E-state index contributed by atoms with van der Waals surface area (Å²) in [4.78, 5) is 4.04. The Morgan fingerprint density at radius 3 is 2.50 bits per heavy atom. The van der Waals surface area contributed by atoms with Crippen molar-refractivity contribution in [1.82, 2.24) is 4.98 Å². The lowest BCUT2D eigenvalue weighted by Crippen LogP contribution is -1.99. The topological polar surface area (TPSA) is 12.9 Å². The van der Waals surface area contributed by atoms with Crippen LogP contribution in [0.4, 0.5) is 0 Å². The van der Waals surface area contributed by atoms with Crippen LogP contribution in [-0.4, -0.2) is 10.4 Å². The Kier molecular flexibility index (Phi) is 3.58. The van der Waals surface area contributed by atoms with E-state index < -0.39 is 0 Å². The molecule has 0 aliphatic carbocycles. The van der Waals surface area contributed by atoms with Crippen LogP contribution < -0.4 is 0 Å². The molecule has 1 atom stereocenters. The minimum Gasteiger partial charge on any atom is -0.265 e. The zero-order chi connectivity index (χ0) is 11.4. The highest BCUT2D eigenvalue weighted by atomic mass is 35.5. The Bertz CT molecular complexity index is 451. The van der Waals surface area contributed by atoms with E-state index in [0.717, 1.165) is 6.42 Å². The van der Waals surface area contributed by atoms with Crippen molar-refractivity contribution in [2.24, 2.45) is 0 Å². The molecule has 16 heavy (non-hydrogen) atoms. The second-order valence-electron chi connectivity index (χ2n) is 3.88.